The zero-order valence-electron chi connectivity index (χ0n) is 45.8. The van der Waals surface area contributed by atoms with Crippen LogP contribution in [0, 0.1) is 0 Å². The van der Waals surface area contributed by atoms with E-state index in [1.54, 1.807) is 0 Å². The summed E-state index contributed by atoms with van der Waals surface area (Å²) >= 11 is 0. The van der Waals surface area contributed by atoms with Crippen molar-refractivity contribution in [3.05, 3.63) is 359 Å². The minimum atomic E-state index is -0.0456. The first-order valence-electron chi connectivity index (χ1n) is 29.0. The summed E-state index contributed by atoms with van der Waals surface area (Å²) in [6, 6.07) is 94.9. The van der Waals surface area contributed by atoms with Crippen molar-refractivity contribution in [2.45, 2.75) is 12.3 Å². The summed E-state index contributed by atoms with van der Waals surface area (Å²) in [5, 5.41) is 9.66. The Hall–Kier alpha value is -10.9. The highest BCUT2D eigenvalue weighted by Gasteiger charge is 2.43. The van der Waals surface area contributed by atoms with Gasteiger partial charge in [-0.2, -0.15) is 0 Å². The van der Waals surface area contributed by atoms with E-state index in [9.17, 15) is 0 Å². The van der Waals surface area contributed by atoms with Gasteiger partial charge in [0.2, 0.25) is 0 Å². The molecule has 0 N–H and O–H groups in total. The molecule has 0 fully saturated rings. The SMILES string of the molecule is c1ccc(-c2ccc3c(ccc4c(C5=C(c6cccc7c6ccc6cc(-c8ccccc8)ccc67)C(c6cccnc6)=C6C5=C(c5cccnc5)c5cc(-c7cccnc7)c(C7c8ccccc8Cc8ccccc87)cc56)cccc43)c2)cc1. The Bertz CT molecular complexity index is 5070. The van der Waals surface area contributed by atoms with E-state index >= 15 is 0 Å². The van der Waals surface area contributed by atoms with Crippen LogP contribution in [0.4, 0.5) is 0 Å². The van der Waals surface area contributed by atoms with E-state index in [2.05, 4.69) is 267 Å². The van der Waals surface area contributed by atoms with E-state index in [1.165, 1.54) is 138 Å². The first kappa shape index (κ1) is 47.9. The van der Waals surface area contributed by atoms with Crippen molar-refractivity contribution in [2.24, 2.45) is 0 Å². The Kier molecular flexibility index (Phi) is 11.1. The highest BCUT2D eigenvalue weighted by molar-refractivity contribution is 6.41. The molecule has 0 radical (unpaired) electrons. The van der Waals surface area contributed by atoms with Crippen LogP contribution in [0.25, 0.3) is 104 Å². The monoisotopic (exact) mass is 1070 g/mol. The number of benzene rings is 11. The fraction of sp³-hybridized carbons (Fsp3) is 0.0247. The molecule has 390 valence electrons. The number of allylic oxidation sites excluding steroid dienone is 5. The molecular weight excluding hydrogens is 1010 g/mol. The summed E-state index contributed by atoms with van der Waals surface area (Å²) in [4.78, 5) is 14.7. The number of fused-ring (bicyclic) bond motifs is 11. The molecule has 3 aliphatic carbocycles. The van der Waals surface area contributed by atoms with Gasteiger partial charge in [0, 0.05) is 65.4 Å². The Balaban J connectivity index is 1.01. The van der Waals surface area contributed by atoms with Gasteiger partial charge < -0.3 is 0 Å². The standard InChI is InChI=1S/C81H51N3/c1-3-16-50(17-4-1)52-31-35-61-56(42-52)33-37-67-65(61)27-11-29-69(67)78-76(60-24-15-41-84-49-60)80-74-46-72(77-63-25-9-7-20-54(63)44-55-21-8-10-26-64(55)77)71(58-22-13-39-82-47-58)45-73(74)75(59-23-14-40-83-48-59)81(80)79(78)70-30-12-28-66-62-36-32-53(51-18-5-2-6-19-51)43-57(62)34-38-68(66)70/h1-43,45-49,77H,44H2. The molecule has 0 saturated carbocycles. The topological polar surface area (TPSA) is 38.7 Å². The molecule has 17 rings (SSSR count). The Morgan fingerprint density at radius 2 is 0.690 bits per heavy atom. The van der Waals surface area contributed by atoms with Gasteiger partial charge in [-0.3, -0.25) is 15.0 Å². The molecule has 0 saturated heterocycles. The normalized spacial score (nSPS) is 13.7. The second-order valence-electron chi connectivity index (χ2n) is 22.5. The van der Waals surface area contributed by atoms with Gasteiger partial charge in [0.15, 0.2) is 0 Å². The van der Waals surface area contributed by atoms with Crippen LogP contribution in [0.1, 0.15) is 67.1 Å². The lowest BCUT2D eigenvalue weighted by Crippen LogP contribution is -2.16. The summed E-state index contributed by atoms with van der Waals surface area (Å²) in [7, 11) is 0. The lowest BCUT2D eigenvalue weighted by molar-refractivity contribution is 0.886. The van der Waals surface area contributed by atoms with Gasteiger partial charge in [-0.25, -0.2) is 0 Å². The van der Waals surface area contributed by atoms with Gasteiger partial charge in [-0.05, 0) is 198 Å². The van der Waals surface area contributed by atoms with Crippen molar-refractivity contribution in [1.82, 2.24) is 15.0 Å². The predicted molar refractivity (Wildman–Crippen MR) is 348 cm³/mol. The molecule has 84 heavy (non-hydrogen) atoms. The molecule has 11 aromatic carbocycles. The number of hydrogen-bond donors (Lipinski definition) is 0. The molecule has 14 aromatic rings. The molecular formula is C81H51N3. The van der Waals surface area contributed by atoms with Crippen LogP contribution in [0.2, 0.25) is 0 Å². The van der Waals surface area contributed by atoms with Crippen LogP contribution in [0.5, 0.6) is 0 Å². The zero-order valence-corrected chi connectivity index (χ0v) is 45.8. The summed E-state index contributed by atoms with van der Waals surface area (Å²) in [6.45, 7) is 0. The van der Waals surface area contributed by atoms with E-state index in [4.69, 9.17) is 15.0 Å². The highest BCUT2D eigenvalue weighted by Crippen LogP contribution is 2.64. The number of hydrogen-bond acceptors (Lipinski definition) is 3. The summed E-state index contributed by atoms with van der Waals surface area (Å²) in [5.41, 5.74) is 27.6. The summed E-state index contributed by atoms with van der Waals surface area (Å²) in [6.07, 6.45) is 12.7. The van der Waals surface area contributed by atoms with Crippen LogP contribution in [-0.2, 0) is 6.42 Å². The molecule has 3 aromatic heterocycles. The van der Waals surface area contributed by atoms with E-state index in [0.29, 0.717) is 0 Å². The number of rotatable bonds is 8. The maximum atomic E-state index is 4.96. The quantitative estimate of drug-likeness (QED) is 0.142. The van der Waals surface area contributed by atoms with Gasteiger partial charge in [0.25, 0.3) is 0 Å². The minimum Gasteiger partial charge on any atom is -0.264 e. The van der Waals surface area contributed by atoms with E-state index < -0.39 is 0 Å². The number of pyridine rings is 3. The maximum Gasteiger partial charge on any atom is 0.0352 e. The summed E-state index contributed by atoms with van der Waals surface area (Å²) in [5.74, 6) is -0.0456. The average molecular weight is 1070 g/mol. The fourth-order valence-corrected chi connectivity index (χ4v) is 14.4. The van der Waals surface area contributed by atoms with E-state index in [-0.39, 0.29) is 5.92 Å². The second-order valence-corrected chi connectivity index (χ2v) is 22.5. The second kappa shape index (κ2) is 19.4. The van der Waals surface area contributed by atoms with Crippen LogP contribution < -0.4 is 0 Å². The van der Waals surface area contributed by atoms with Crippen molar-refractivity contribution in [3.63, 3.8) is 0 Å². The molecule has 0 atom stereocenters. The molecule has 0 unspecified atom stereocenters. The molecule has 3 heteroatoms. The molecule has 0 bridgehead atoms. The maximum absolute atomic E-state index is 4.96. The molecule has 0 aliphatic heterocycles. The molecule has 3 nitrogen and oxygen atoms in total. The zero-order chi connectivity index (χ0) is 55.2. The number of nitrogens with zero attached hydrogens (tertiary/aromatic N) is 3. The van der Waals surface area contributed by atoms with Gasteiger partial charge >= 0.3 is 0 Å². The van der Waals surface area contributed by atoms with Crippen LogP contribution in [0.15, 0.2) is 298 Å². The lowest BCUT2D eigenvalue weighted by Gasteiger charge is -2.31. The molecule has 3 heterocycles. The van der Waals surface area contributed by atoms with Crippen molar-refractivity contribution >= 4 is 71.0 Å². The third-order valence-corrected chi connectivity index (χ3v) is 18.0. The summed E-state index contributed by atoms with van der Waals surface area (Å²) < 4.78 is 0. The molecule has 0 spiro atoms. The molecule has 3 aliphatic rings. The van der Waals surface area contributed by atoms with Gasteiger partial charge in [-0.15, -0.1) is 0 Å². The first-order chi connectivity index (χ1) is 41.7. The van der Waals surface area contributed by atoms with E-state index in [0.717, 1.165) is 39.8 Å². The largest absolute Gasteiger partial charge is 0.264 e. The highest BCUT2D eigenvalue weighted by atomic mass is 14.6. The minimum absolute atomic E-state index is 0.0456. The third kappa shape index (κ3) is 7.56. The fourth-order valence-electron chi connectivity index (χ4n) is 14.4. The first-order valence-corrected chi connectivity index (χ1v) is 29.0. The van der Waals surface area contributed by atoms with Crippen LogP contribution in [-0.4, -0.2) is 15.0 Å². The van der Waals surface area contributed by atoms with Crippen LogP contribution in [0.3, 0.4) is 0 Å². The van der Waals surface area contributed by atoms with E-state index in [1.807, 2.05) is 24.8 Å². The van der Waals surface area contributed by atoms with Gasteiger partial charge in [0.05, 0.1) is 0 Å². The van der Waals surface area contributed by atoms with Crippen molar-refractivity contribution in [3.8, 4) is 33.4 Å². The average Bonchev–Trinajstić information content (AvgIpc) is 1.58. The lowest BCUT2D eigenvalue weighted by atomic mass is 9.72. The van der Waals surface area contributed by atoms with Gasteiger partial charge in [-0.1, -0.05) is 212 Å². The Morgan fingerprint density at radius 1 is 0.238 bits per heavy atom. The van der Waals surface area contributed by atoms with Crippen molar-refractivity contribution in [1.29, 1.82) is 0 Å². The Labute approximate surface area is 487 Å². The smallest absolute Gasteiger partial charge is 0.0352 e. The van der Waals surface area contributed by atoms with Crippen molar-refractivity contribution in [2.75, 3.05) is 0 Å². The Morgan fingerprint density at radius 3 is 1.23 bits per heavy atom. The third-order valence-electron chi connectivity index (χ3n) is 18.0. The predicted octanol–water partition coefficient (Wildman–Crippen LogP) is 19.9. The number of aromatic nitrogens is 3. The van der Waals surface area contributed by atoms with Crippen molar-refractivity contribution < 1.29 is 0 Å². The van der Waals surface area contributed by atoms with Crippen LogP contribution >= 0.6 is 0 Å². The van der Waals surface area contributed by atoms with Gasteiger partial charge in [0.1, 0.15) is 0 Å². The molecule has 0 amide bonds.